The Hall–Kier alpha value is -0.610. The van der Waals surface area contributed by atoms with Gasteiger partial charge in [0, 0.05) is 17.4 Å². The lowest BCUT2D eigenvalue weighted by atomic mass is 10.2. The van der Waals surface area contributed by atoms with Gasteiger partial charge in [-0.05, 0) is 40.9 Å². The Morgan fingerprint density at radius 1 is 1.29 bits per heavy atom. The fourth-order valence-corrected chi connectivity index (χ4v) is 3.08. The van der Waals surface area contributed by atoms with Gasteiger partial charge in [0.05, 0.1) is 10.7 Å². The van der Waals surface area contributed by atoms with E-state index in [1.165, 1.54) is 12.1 Å². The molecule has 92 valence electrons. The normalized spacial score (nSPS) is 17.1. The molecule has 1 aliphatic heterocycles. The molecule has 1 saturated heterocycles. The summed E-state index contributed by atoms with van der Waals surface area (Å²) in [7, 11) is 0. The maximum Gasteiger partial charge on any atom is 0.227 e. The zero-order valence-corrected chi connectivity index (χ0v) is 11.5. The lowest BCUT2D eigenvalue weighted by molar-refractivity contribution is -0.118. The summed E-state index contributed by atoms with van der Waals surface area (Å²) in [5, 5.41) is 0.270. The van der Waals surface area contributed by atoms with E-state index in [0.29, 0.717) is 23.1 Å². The number of nitrogens with zero attached hydrogens (tertiary/aromatic N) is 1. The number of benzene rings is 1. The van der Waals surface area contributed by atoms with Gasteiger partial charge in [-0.2, -0.15) is 0 Å². The molecule has 0 spiro atoms. The second-order valence-corrected chi connectivity index (χ2v) is 5.34. The lowest BCUT2D eigenvalue weighted by Gasteiger charge is -2.23. The van der Waals surface area contributed by atoms with E-state index in [9.17, 15) is 9.18 Å². The molecule has 0 N–H and O–H groups in total. The molecule has 0 bridgehead atoms. The van der Waals surface area contributed by atoms with E-state index in [0.717, 1.165) is 19.3 Å². The molecule has 0 radical (unpaired) electrons. The highest BCUT2D eigenvalue weighted by atomic mass is 79.9. The molecule has 1 amide bonds. The standard InChI is InChI=1S/C12H12BrClFNO/c13-9-6-8(15)7-10(14)12(9)16-5-3-1-2-4-11(16)17/h6-7H,1-5H2. The summed E-state index contributed by atoms with van der Waals surface area (Å²) < 4.78 is 13.7. The fourth-order valence-electron chi connectivity index (χ4n) is 2.01. The molecule has 0 saturated carbocycles. The summed E-state index contributed by atoms with van der Waals surface area (Å²) in [6.45, 7) is 0.642. The largest absolute Gasteiger partial charge is 0.310 e. The van der Waals surface area contributed by atoms with Gasteiger partial charge in [-0.25, -0.2) is 4.39 Å². The molecular formula is C12H12BrClFNO. The van der Waals surface area contributed by atoms with Crippen molar-refractivity contribution in [1.29, 1.82) is 0 Å². The Labute approximate surface area is 113 Å². The molecule has 1 heterocycles. The maximum atomic E-state index is 13.1. The van der Waals surface area contributed by atoms with E-state index in [2.05, 4.69) is 15.9 Å². The van der Waals surface area contributed by atoms with Crippen LogP contribution < -0.4 is 4.90 Å². The van der Waals surface area contributed by atoms with Gasteiger partial charge < -0.3 is 4.90 Å². The van der Waals surface area contributed by atoms with Crippen LogP contribution in [0.5, 0.6) is 0 Å². The molecule has 2 nitrogen and oxygen atoms in total. The number of hydrogen-bond acceptors (Lipinski definition) is 1. The molecule has 17 heavy (non-hydrogen) atoms. The van der Waals surface area contributed by atoms with Gasteiger partial charge in [0.1, 0.15) is 5.82 Å². The minimum absolute atomic E-state index is 0.0525. The third-order valence-corrected chi connectivity index (χ3v) is 3.72. The Morgan fingerprint density at radius 2 is 2.06 bits per heavy atom. The van der Waals surface area contributed by atoms with Crippen LogP contribution in [0.1, 0.15) is 25.7 Å². The van der Waals surface area contributed by atoms with Crippen molar-refractivity contribution in [3.63, 3.8) is 0 Å². The smallest absolute Gasteiger partial charge is 0.227 e. The molecule has 1 aliphatic rings. The average molecular weight is 321 g/mol. The highest BCUT2D eigenvalue weighted by molar-refractivity contribution is 9.10. The van der Waals surface area contributed by atoms with E-state index < -0.39 is 5.82 Å². The lowest BCUT2D eigenvalue weighted by Crippen LogP contribution is -2.30. The second-order valence-electron chi connectivity index (χ2n) is 4.07. The van der Waals surface area contributed by atoms with Crippen LogP contribution in [0.25, 0.3) is 0 Å². The van der Waals surface area contributed by atoms with Crippen molar-refractivity contribution in [2.75, 3.05) is 11.4 Å². The van der Waals surface area contributed by atoms with Crippen LogP contribution in [0.2, 0.25) is 5.02 Å². The molecule has 1 aromatic carbocycles. The zero-order valence-electron chi connectivity index (χ0n) is 9.18. The third-order valence-electron chi connectivity index (χ3n) is 2.82. The number of hydrogen-bond donors (Lipinski definition) is 0. The van der Waals surface area contributed by atoms with Crippen molar-refractivity contribution in [3.05, 3.63) is 27.4 Å². The fraction of sp³-hybridized carbons (Fsp3) is 0.417. The Bertz CT molecular complexity index is 429. The van der Waals surface area contributed by atoms with Crippen LogP contribution in [-0.2, 0) is 4.79 Å². The number of halogens is 3. The zero-order chi connectivity index (χ0) is 12.4. The Kier molecular flexibility index (Phi) is 4.05. The Balaban J connectivity index is 2.41. The van der Waals surface area contributed by atoms with Crippen LogP contribution in [0.4, 0.5) is 10.1 Å². The van der Waals surface area contributed by atoms with Gasteiger partial charge >= 0.3 is 0 Å². The monoisotopic (exact) mass is 319 g/mol. The van der Waals surface area contributed by atoms with Crippen molar-refractivity contribution in [2.45, 2.75) is 25.7 Å². The van der Waals surface area contributed by atoms with E-state index in [1.807, 2.05) is 0 Å². The summed E-state index contributed by atoms with van der Waals surface area (Å²) in [5.74, 6) is -0.357. The van der Waals surface area contributed by atoms with E-state index >= 15 is 0 Å². The summed E-state index contributed by atoms with van der Waals surface area (Å²) >= 11 is 9.29. The van der Waals surface area contributed by atoms with Crippen molar-refractivity contribution in [3.8, 4) is 0 Å². The molecule has 2 rings (SSSR count). The van der Waals surface area contributed by atoms with E-state index in [-0.39, 0.29) is 10.9 Å². The van der Waals surface area contributed by atoms with E-state index in [1.54, 1.807) is 4.90 Å². The molecule has 0 atom stereocenters. The van der Waals surface area contributed by atoms with Crippen LogP contribution >= 0.6 is 27.5 Å². The molecule has 0 aromatic heterocycles. The van der Waals surface area contributed by atoms with Crippen LogP contribution in [0.3, 0.4) is 0 Å². The summed E-state index contributed by atoms with van der Waals surface area (Å²) in [4.78, 5) is 13.6. The average Bonchev–Trinajstić information content (AvgIpc) is 2.43. The maximum absolute atomic E-state index is 13.1. The first kappa shape index (κ1) is 12.8. The summed E-state index contributed by atoms with van der Waals surface area (Å²) in [6.07, 6.45) is 3.43. The van der Waals surface area contributed by atoms with E-state index in [4.69, 9.17) is 11.6 Å². The van der Waals surface area contributed by atoms with Gasteiger partial charge in [0.15, 0.2) is 0 Å². The van der Waals surface area contributed by atoms with Crippen LogP contribution in [-0.4, -0.2) is 12.5 Å². The number of rotatable bonds is 1. The second kappa shape index (κ2) is 5.36. The van der Waals surface area contributed by atoms with Gasteiger partial charge in [-0.3, -0.25) is 4.79 Å². The molecular weight excluding hydrogens is 308 g/mol. The summed E-state index contributed by atoms with van der Waals surface area (Å²) in [5.41, 5.74) is 0.583. The van der Waals surface area contributed by atoms with Gasteiger partial charge in [-0.1, -0.05) is 18.0 Å². The quantitative estimate of drug-likeness (QED) is 0.761. The van der Waals surface area contributed by atoms with Gasteiger partial charge in [0.2, 0.25) is 5.91 Å². The molecule has 1 fully saturated rings. The molecule has 1 aromatic rings. The first-order chi connectivity index (χ1) is 8.09. The van der Waals surface area contributed by atoms with Gasteiger partial charge in [-0.15, -0.1) is 0 Å². The minimum atomic E-state index is -0.409. The number of carbonyl (C=O) groups is 1. The Morgan fingerprint density at radius 3 is 2.76 bits per heavy atom. The van der Waals surface area contributed by atoms with Crippen LogP contribution in [0, 0.1) is 5.82 Å². The first-order valence-corrected chi connectivity index (χ1v) is 6.71. The number of carbonyl (C=O) groups excluding carboxylic acids is 1. The van der Waals surface area contributed by atoms with Crippen molar-refractivity contribution < 1.29 is 9.18 Å². The highest BCUT2D eigenvalue weighted by Crippen LogP contribution is 2.36. The molecule has 0 unspecified atom stereocenters. The van der Waals surface area contributed by atoms with Crippen molar-refractivity contribution in [1.82, 2.24) is 0 Å². The van der Waals surface area contributed by atoms with Crippen molar-refractivity contribution >= 4 is 39.1 Å². The van der Waals surface area contributed by atoms with Gasteiger partial charge in [0.25, 0.3) is 0 Å². The minimum Gasteiger partial charge on any atom is -0.310 e. The predicted molar refractivity (Wildman–Crippen MR) is 69.9 cm³/mol. The third kappa shape index (κ3) is 2.80. The van der Waals surface area contributed by atoms with Crippen LogP contribution in [0.15, 0.2) is 16.6 Å². The topological polar surface area (TPSA) is 20.3 Å². The molecule has 5 heteroatoms. The highest BCUT2D eigenvalue weighted by Gasteiger charge is 2.23. The summed E-state index contributed by atoms with van der Waals surface area (Å²) in [6, 6.07) is 2.57. The SMILES string of the molecule is O=C1CCCCCN1c1c(Cl)cc(F)cc1Br. The molecule has 0 aliphatic carbocycles. The number of anilines is 1. The number of amides is 1. The predicted octanol–water partition coefficient (Wildman–Crippen LogP) is 4.15. The van der Waals surface area contributed by atoms with Crippen molar-refractivity contribution in [2.24, 2.45) is 0 Å². The first-order valence-electron chi connectivity index (χ1n) is 5.54.